The Bertz CT molecular complexity index is 353. The number of aryl methyl sites for hydroxylation is 1. The monoisotopic (exact) mass is 255 g/mol. The second kappa shape index (κ2) is 6.80. The van der Waals surface area contributed by atoms with Crippen LogP contribution in [0.1, 0.15) is 50.9 Å². The molecule has 4 heteroatoms. The van der Waals surface area contributed by atoms with Gasteiger partial charge in [-0.1, -0.05) is 20.8 Å². The van der Waals surface area contributed by atoms with Crippen molar-refractivity contribution < 1.29 is 0 Å². The van der Waals surface area contributed by atoms with Gasteiger partial charge in [-0.2, -0.15) is 0 Å². The van der Waals surface area contributed by atoms with Gasteiger partial charge in [-0.05, 0) is 31.7 Å². The van der Waals surface area contributed by atoms with Crippen molar-refractivity contribution in [1.82, 2.24) is 9.97 Å². The van der Waals surface area contributed by atoms with Crippen LogP contribution in [0.25, 0.3) is 0 Å². The summed E-state index contributed by atoms with van der Waals surface area (Å²) in [4.78, 5) is 8.86. The highest BCUT2D eigenvalue weighted by molar-refractivity contribution is 6.20. The fourth-order valence-corrected chi connectivity index (χ4v) is 1.62. The molecule has 0 amide bonds. The predicted octanol–water partition coefficient (Wildman–Crippen LogP) is 3.73. The van der Waals surface area contributed by atoms with Crippen molar-refractivity contribution in [2.75, 3.05) is 11.9 Å². The molecule has 0 aliphatic heterocycles. The summed E-state index contributed by atoms with van der Waals surface area (Å²) in [6.45, 7) is 9.19. The summed E-state index contributed by atoms with van der Waals surface area (Å²) in [6, 6.07) is 2.03. The Morgan fingerprint density at radius 3 is 2.65 bits per heavy atom. The molecule has 0 aliphatic carbocycles. The number of rotatable bonds is 6. The largest absolute Gasteiger partial charge is 0.354 e. The van der Waals surface area contributed by atoms with Crippen LogP contribution in [-0.4, -0.2) is 21.9 Å². The zero-order valence-corrected chi connectivity index (χ0v) is 11.9. The molecule has 0 radical (unpaired) electrons. The molecule has 1 unspecified atom stereocenters. The molecule has 0 saturated heterocycles. The first-order chi connectivity index (χ1) is 8.02. The lowest BCUT2D eigenvalue weighted by atomic mass is 10.1. The molecule has 1 aromatic heterocycles. The van der Waals surface area contributed by atoms with Crippen molar-refractivity contribution in [2.24, 2.45) is 0 Å². The van der Waals surface area contributed by atoms with Gasteiger partial charge in [0.15, 0.2) is 0 Å². The Morgan fingerprint density at radius 1 is 1.35 bits per heavy atom. The third kappa shape index (κ3) is 4.90. The van der Waals surface area contributed by atoms with Crippen LogP contribution >= 0.6 is 11.6 Å². The van der Waals surface area contributed by atoms with E-state index in [0.29, 0.717) is 11.9 Å². The lowest BCUT2D eigenvalue weighted by Crippen LogP contribution is -2.11. The number of aromatic nitrogens is 2. The third-order valence-corrected chi connectivity index (χ3v) is 3.18. The van der Waals surface area contributed by atoms with E-state index < -0.39 is 0 Å². The maximum atomic E-state index is 6.06. The highest BCUT2D eigenvalue weighted by atomic mass is 35.5. The van der Waals surface area contributed by atoms with Gasteiger partial charge in [0.05, 0.1) is 0 Å². The van der Waals surface area contributed by atoms with Gasteiger partial charge in [-0.3, -0.25) is 0 Å². The summed E-state index contributed by atoms with van der Waals surface area (Å²) >= 11 is 6.06. The molecular weight excluding hydrogens is 234 g/mol. The van der Waals surface area contributed by atoms with E-state index in [-0.39, 0.29) is 5.38 Å². The second-order valence-corrected chi connectivity index (χ2v) is 5.25. The van der Waals surface area contributed by atoms with Crippen LogP contribution in [0, 0.1) is 6.92 Å². The Kier molecular flexibility index (Phi) is 5.69. The van der Waals surface area contributed by atoms with Crippen molar-refractivity contribution in [3.8, 4) is 0 Å². The summed E-state index contributed by atoms with van der Waals surface area (Å²) in [5.74, 6) is 1.14. The Balaban J connectivity index is 2.59. The summed E-state index contributed by atoms with van der Waals surface area (Å²) in [5, 5.41) is 3.47. The summed E-state index contributed by atoms with van der Waals surface area (Å²) in [6.07, 6.45) is 1.93. The highest BCUT2D eigenvalue weighted by Gasteiger charge is 2.06. The first-order valence-electron chi connectivity index (χ1n) is 6.26. The average Bonchev–Trinajstić information content (AvgIpc) is 2.28. The molecule has 1 aromatic rings. The van der Waals surface area contributed by atoms with Gasteiger partial charge in [0.1, 0.15) is 0 Å². The number of nitrogens with zero attached hydrogens (tertiary/aromatic N) is 2. The molecule has 0 bridgehead atoms. The highest BCUT2D eigenvalue weighted by Crippen LogP contribution is 2.14. The van der Waals surface area contributed by atoms with E-state index in [9.17, 15) is 0 Å². The molecule has 1 atom stereocenters. The zero-order valence-electron chi connectivity index (χ0n) is 11.1. The van der Waals surface area contributed by atoms with Gasteiger partial charge in [0.25, 0.3) is 0 Å². The first-order valence-corrected chi connectivity index (χ1v) is 6.70. The standard InChI is InChI=1S/C13H22ClN3/c1-5-11(14)6-7-15-13-16-10(4)8-12(17-13)9(2)3/h8-9,11H,5-7H2,1-4H3,(H,15,16,17). The topological polar surface area (TPSA) is 37.8 Å². The first kappa shape index (κ1) is 14.2. The molecule has 1 rings (SSSR count). The number of hydrogen-bond donors (Lipinski definition) is 1. The van der Waals surface area contributed by atoms with Gasteiger partial charge in [-0.15, -0.1) is 11.6 Å². The molecule has 0 aromatic carbocycles. The number of anilines is 1. The number of halogens is 1. The molecule has 96 valence electrons. The number of hydrogen-bond acceptors (Lipinski definition) is 3. The van der Waals surface area contributed by atoms with Gasteiger partial charge in [0, 0.05) is 23.3 Å². The Hall–Kier alpha value is -0.830. The van der Waals surface area contributed by atoms with Gasteiger partial charge in [0.2, 0.25) is 5.95 Å². The molecule has 17 heavy (non-hydrogen) atoms. The predicted molar refractivity (Wildman–Crippen MR) is 73.9 cm³/mol. The lowest BCUT2D eigenvalue weighted by Gasteiger charge is -2.11. The summed E-state index contributed by atoms with van der Waals surface area (Å²) in [5.41, 5.74) is 2.09. The van der Waals surface area contributed by atoms with Crippen LogP contribution in [0.3, 0.4) is 0 Å². The quantitative estimate of drug-likeness (QED) is 0.787. The molecule has 0 fully saturated rings. The molecule has 3 nitrogen and oxygen atoms in total. The summed E-state index contributed by atoms with van der Waals surface area (Å²) in [7, 11) is 0. The van der Waals surface area contributed by atoms with Crippen molar-refractivity contribution in [2.45, 2.75) is 51.8 Å². The van der Waals surface area contributed by atoms with Crippen molar-refractivity contribution in [3.63, 3.8) is 0 Å². The minimum Gasteiger partial charge on any atom is -0.354 e. The zero-order chi connectivity index (χ0) is 12.8. The van der Waals surface area contributed by atoms with Crippen LogP contribution in [0.2, 0.25) is 0 Å². The van der Waals surface area contributed by atoms with Gasteiger partial charge in [-0.25, -0.2) is 9.97 Å². The van der Waals surface area contributed by atoms with Crippen LogP contribution in [0.4, 0.5) is 5.95 Å². The van der Waals surface area contributed by atoms with E-state index in [0.717, 1.165) is 30.8 Å². The Morgan fingerprint density at radius 2 is 2.06 bits per heavy atom. The van der Waals surface area contributed by atoms with Crippen molar-refractivity contribution >= 4 is 17.5 Å². The number of alkyl halides is 1. The summed E-state index contributed by atoms with van der Waals surface area (Å²) < 4.78 is 0. The normalized spacial score (nSPS) is 12.8. The van der Waals surface area contributed by atoms with E-state index in [2.05, 4.69) is 36.1 Å². The van der Waals surface area contributed by atoms with Crippen LogP contribution in [0.5, 0.6) is 0 Å². The SMILES string of the molecule is CCC(Cl)CCNc1nc(C)cc(C(C)C)n1. The van der Waals surface area contributed by atoms with Gasteiger partial charge >= 0.3 is 0 Å². The maximum absolute atomic E-state index is 6.06. The van der Waals surface area contributed by atoms with Crippen LogP contribution in [0.15, 0.2) is 6.07 Å². The Labute approximate surface area is 109 Å². The van der Waals surface area contributed by atoms with E-state index in [1.165, 1.54) is 0 Å². The van der Waals surface area contributed by atoms with E-state index >= 15 is 0 Å². The minimum absolute atomic E-state index is 0.233. The van der Waals surface area contributed by atoms with Gasteiger partial charge < -0.3 is 5.32 Å². The van der Waals surface area contributed by atoms with Crippen LogP contribution in [-0.2, 0) is 0 Å². The van der Waals surface area contributed by atoms with E-state index in [4.69, 9.17) is 11.6 Å². The molecule has 1 N–H and O–H groups in total. The van der Waals surface area contributed by atoms with Crippen molar-refractivity contribution in [3.05, 3.63) is 17.5 Å². The fourth-order valence-electron chi connectivity index (χ4n) is 1.51. The number of nitrogens with one attached hydrogen (secondary N) is 1. The maximum Gasteiger partial charge on any atom is 0.223 e. The smallest absolute Gasteiger partial charge is 0.223 e. The second-order valence-electron chi connectivity index (χ2n) is 4.63. The van der Waals surface area contributed by atoms with E-state index in [1.54, 1.807) is 0 Å². The molecule has 0 spiro atoms. The van der Waals surface area contributed by atoms with Crippen molar-refractivity contribution in [1.29, 1.82) is 0 Å². The third-order valence-electron chi connectivity index (χ3n) is 2.65. The molecule has 0 saturated carbocycles. The molecule has 0 aliphatic rings. The fraction of sp³-hybridized carbons (Fsp3) is 0.692. The van der Waals surface area contributed by atoms with E-state index in [1.807, 2.05) is 13.0 Å². The average molecular weight is 256 g/mol. The van der Waals surface area contributed by atoms with Crippen LogP contribution < -0.4 is 5.32 Å². The molecular formula is C13H22ClN3. The minimum atomic E-state index is 0.233. The molecule has 1 heterocycles. The lowest BCUT2D eigenvalue weighted by molar-refractivity contribution is 0.746.